The van der Waals surface area contributed by atoms with Crippen molar-refractivity contribution in [2.45, 2.75) is 20.8 Å². The summed E-state index contributed by atoms with van der Waals surface area (Å²) in [5.41, 5.74) is 3.53. The second-order valence-corrected chi connectivity index (χ2v) is 6.91. The average Bonchev–Trinajstić information content (AvgIpc) is 3.12. The number of hydrogen-bond acceptors (Lipinski definition) is 5. The summed E-state index contributed by atoms with van der Waals surface area (Å²) < 4.78 is 12.1. The molecule has 1 N–H and O–H groups in total. The Labute approximate surface area is 181 Å². The molecular weight excluding hydrogens is 394 g/mol. The molecule has 0 unspecified atom stereocenters. The Morgan fingerprint density at radius 1 is 1.06 bits per heavy atom. The number of ether oxygens (including phenoxy) is 2. The summed E-state index contributed by atoms with van der Waals surface area (Å²) in [5.74, 6) is 0.217. The Morgan fingerprint density at radius 3 is 2.45 bits per heavy atom. The van der Waals surface area contributed by atoms with Crippen molar-refractivity contribution in [3.8, 4) is 11.4 Å². The lowest BCUT2D eigenvalue weighted by Gasteiger charge is -2.09. The van der Waals surface area contributed by atoms with Gasteiger partial charge in [0.25, 0.3) is 5.91 Å². The van der Waals surface area contributed by atoms with Crippen molar-refractivity contribution >= 4 is 23.8 Å². The van der Waals surface area contributed by atoms with Gasteiger partial charge in [-0.05, 0) is 56.7 Å². The van der Waals surface area contributed by atoms with Gasteiger partial charge in [-0.1, -0.05) is 29.8 Å². The van der Waals surface area contributed by atoms with Gasteiger partial charge in [0, 0.05) is 12.1 Å². The van der Waals surface area contributed by atoms with E-state index in [0.717, 1.165) is 28.3 Å². The lowest BCUT2D eigenvalue weighted by Crippen LogP contribution is -2.21. The van der Waals surface area contributed by atoms with E-state index in [1.54, 1.807) is 16.8 Å². The summed E-state index contributed by atoms with van der Waals surface area (Å²) in [6, 6.07) is 16.8. The fourth-order valence-electron chi connectivity index (χ4n) is 2.84. The minimum atomic E-state index is -0.604. The highest BCUT2D eigenvalue weighted by atomic mass is 16.5. The number of hydrogen-bond donors (Lipinski definition) is 1. The molecule has 0 fully saturated rings. The number of carbonyl (C=O) groups excluding carboxylic acids is 2. The van der Waals surface area contributed by atoms with Crippen LogP contribution < -0.4 is 10.1 Å². The molecule has 0 bridgehead atoms. The van der Waals surface area contributed by atoms with Gasteiger partial charge in [0.2, 0.25) is 0 Å². The molecule has 2 aromatic carbocycles. The van der Waals surface area contributed by atoms with Crippen molar-refractivity contribution in [3.63, 3.8) is 0 Å². The van der Waals surface area contributed by atoms with Crippen LogP contribution in [0.5, 0.6) is 5.75 Å². The summed E-state index contributed by atoms with van der Waals surface area (Å²) in [7, 11) is 0. The van der Waals surface area contributed by atoms with E-state index in [1.807, 2.05) is 69.3 Å². The minimum Gasteiger partial charge on any atom is -0.494 e. The van der Waals surface area contributed by atoms with Gasteiger partial charge < -0.3 is 14.8 Å². The Morgan fingerprint density at radius 2 is 1.77 bits per heavy atom. The number of aryl methyl sites for hydroxylation is 2. The van der Waals surface area contributed by atoms with Gasteiger partial charge in [0.1, 0.15) is 11.6 Å². The summed E-state index contributed by atoms with van der Waals surface area (Å²) in [6.45, 7) is 5.95. The first-order valence-corrected chi connectivity index (χ1v) is 9.96. The van der Waals surface area contributed by atoms with Crippen molar-refractivity contribution in [2.75, 3.05) is 18.5 Å². The molecule has 160 valence electrons. The van der Waals surface area contributed by atoms with E-state index in [4.69, 9.17) is 9.47 Å². The van der Waals surface area contributed by atoms with Crippen LogP contribution in [-0.2, 0) is 14.3 Å². The summed E-state index contributed by atoms with van der Waals surface area (Å²) in [5, 5.41) is 7.15. The molecule has 3 rings (SSSR count). The molecule has 3 aromatic rings. The number of carbonyl (C=O) groups is 2. The topological polar surface area (TPSA) is 82.4 Å². The number of rotatable bonds is 8. The Kier molecular flexibility index (Phi) is 7.22. The molecule has 0 saturated heterocycles. The molecule has 31 heavy (non-hydrogen) atoms. The molecule has 7 nitrogen and oxygen atoms in total. The van der Waals surface area contributed by atoms with Crippen LogP contribution in [0.1, 0.15) is 23.7 Å². The molecule has 0 radical (unpaired) electrons. The Hall–Kier alpha value is -3.87. The largest absolute Gasteiger partial charge is 0.494 e. The lowest BCUT2D eigenvalue weighted by atomic mass is 10.2. The zero-order valence-corrected chi connectivity index (χ0v) is 17.8. The fourth-order valence-corrected chi connectivity index (χ4v) is 2.84. The third-order valence-corrected chi connectivity index (χ3v) is 4.33. The number of anilines is 1. The van der Waals surface area contributed by atoms with Crippen LogP contribution in [0.15, 0.2) is 60.7 Å². The van der Waals surface area contributed by atoms with Crippen LogP contribution in [0.2, 0.25) is 0 Å². The first-order chi connectivity index (χ1) is 14.9. The minimum absolute atomic E-state index is 0.398. The molecule has 0 aliphatic rings. The average molecular weight is 419 g/mol. The summed E-state index contributed by atoms with van der Waals surface area (Å²) in [6.07, 6.45) is 2.90. The molecule has 0 saturated carbocycles. The monoisotopic (exact) mass is 419 g/mol. The highest BCUT2D eigenvalue weighted by molar-refractivity contribution is 5.94. The highest BCUT2D eigenvalue weighted by Gasteiger charge is 2.12. The number of nitrogens with zero attached hydrogens (tertiary/aromatic N) is 2. The molecule has 0 atom stereocenters. The van der Waals surface area contributed by atoms with Crippen molar-refractivity contribution in [1.29, 1.82) is 0 Å². The van der Waals surface area contributed by atoms with E-state index in [-0.39, 0.29) is 0 Å². The second kappa shape index (κ2) is 10.2. The fraction of sp³-hybridized carbons (Fsp3) is 0.208. The van der Waals surface area contributed by atoms with E-state index in [9.17, 15) is 9.59 Å². The van der Waals surface area contributed by atoms with Gasteiger partial charge in [-0.15, -0.1) is 0 Å². The SMILES string of the molecule is CCOc1ccc(/C=C/C(=O)OCC(=O)Nc2cc(C)nn2-c2ccc(C)cc2)cc1. The van der Waals surface area contributed by atoms with Gasteiger partial charge in [-0.3, -0.25) is 4.79 Å². The van der Waals surface area contributed by atoms with Gasteiger partial charge in [-0.25, -0.2) is 9.48 Å². The smallest absolute Gasteiger partial charge is 0.331 e. The van der Waals surface area contributed by atoms with Gasteiger partial charge in [0.05, 0.1) is 18.0 Å². The Bertz CT molecular complexity index is 1070. The maximum absolute atomic E-state index is 12.3. The highest BCUT2D eigenvalue weighted by Crippen LogP contribution is 2.18. The molecule has 0 spiro atoms. The number of benzene rings is 2. The van der Waals surface area contributed by atoms with Crippen LogP contribution in [0, 0.1) is 13.8 Å². The van der Waals surface area contributed by atoms with E-state index in [0.29, 0.717) is 12.4 Å². The molecule has 1 aromatic heterocycles. The van der Waals surface area contributed by atoms with Crippen molar-refractivity contribution in [3.05, 3.63) is 77.5 Å². The zero-order chi connectivity index (χ0) is 22.2. The van der Waals surface area contributed by atoms with Gasteiger partial charge in [-0.2, -0.15) is 5.10 Å². The number of aromatic nitrogens is 2. The normalized spacial score (nSPS) is 10.8. The molecule has 0 aliphatic heterocycles. The van der Waals surface area contributed by atoms with Gasteiger partial charge >= 0.3 is 5.97 Å². The van der Waals surface area contributed by atoms with E-state index >= 15 is 0 Å². The molecule has 7 heteroatoms. The van der Waals surface area contributed by atoms with E-state index in [1.165, 1.54) is 6.08 Å². The maximum atomic E-state index is 12.3. The number of esters is 1. The van der Waals surface area contributed by atoms with Crippen LogP contribution >= 0.6 is 0 Å². The van der Waals surface area contributed by atoms with Crippen molar-refractivity contribution in [1.82, 2.24) is 9.78 Å². The molecular formula is C24H25N3O4. The number of nitrogens with one attached hydrogen (secondary N) is 1. The van der Waals surface area contributed by atoms with E-state index in [2.05, 4.69) is 10.4 Å². The van der Waals surface area contributed by atoms with Gasteiger partial charge in [0.15, 0.2) is 6.61 Å². The van der Waals surface area contributed by atoms with E-state index < -0.39 is 18.5 Å². The third kappa shape index (κ3) is 6.30. The second-order valence-electron chi connectivity index (χ2n) is 6.91. The summed E-state index contributed by atoms with van der Waals surface area (Å²) in [4.78, 5) is 24.2. The Balaban J connectivity index is 1.54. The molecule has 1 heterocycles. The molecule has 0 aliphatic carbocycles. The zero-order valence-electron chi connectivity index (χ0n) is 17.8. The number of amides is 1. The van der Waals surface area contributed by atoms with Crippen molar-refractivity contribution in [2.24, 2.45) is 0 Å². The standard InChI is InChI=1S/C24H25N3O4/c1-4-30-21-12-7-19(8-13-21)9-14-24(29)31-16-23(28)25-22-15-18(3)26-27(22)20-10-5-17(2)6-11-20/h5-15H,4,16H2,1-3H3,(H,25,28)/b14-9+. The first-order valence-electron chi connectivity index (χ1n) is 9.96. The molecule has 1 amide bonds. The predicted molar refractivity (Wildman–Crippen MR) is 119 cm³/mol. The van der Waals surface area contributed by atoms with Crippen LogP contribution in [-0.4, -0.2) is 34.9 Å². The lowest BCUT2D eigenvalue weighted by molar-refractivity contribution is -0.142. The van der Waals surface area contributed by atoms with Crippen LogP contribution in [0.25, 0.3) is 11.8 Å². The quantitative estimate of drug-likeness (QED) is 0.439. The van der Waals surface area contributed by atoms with Crippen LogP contribution in [0.4, 0.5) is 5.82 Å². The van der Waals surface area contributed by atoms with Crippen molar-refractivity contribution < 1.29 is 19.1 Å². The summed E-state index contributed by atoms with van der Waals surface area (Å²) >= 11 is 0. The first kappa shape index (κ1) is 21.8. The predicted octanol–water partition coefficient (Wildman–Crippen LogP) is 4.08. The maximum Gasteiger partial charge on any atom is 0.331 e. The third-order valence-electron chi connectivity index (χ3n) is 4.33. The van der Waals surface area contributed by atoms with Crippen LogP contribution in [0.3, 0.4) is 0 Å².